The zero-order valence-corrected chi connectivity index (χ0v) is 10.4. The van der Waals surface area contributed by atoms with Crippen molar-refractivity contribution in [2.75, 3.05) is 0 Å². The summed E-state index contributed by atoms with van der Waals surface area (Å²) in [6, 6.07) is 0. The van der Waals surface area contributed by atoms with E-state index >= 15 is 0 Å². The van der Waals surface area contributed by atoms with E-state index in [-0.39, 0.29) is 0 Å². The fourth-order valence-electron chi connectivity index (χ4n) is 2.20. The summed E-state index contributed by atoms with van der Waals surface area (Å²) in [5.74, 6) is 0.661. The summed E-state index contributed by atoms with van der Waals surface area (Å²) in [6.07, 6.45) is 18.7. The highest BCUT2D eigenvalue weighted by Crippen LogP contribution is 2.28. The Kier molecular flexibility index (Phi) is 6.47. The molecule has 0 spiro atoms. The van der Waals surface area contributed by atoms with Gasteiger partial charge in [-0.1, -0.05) is 63.7 Å². The molecule has 0 heteroatoms. The van der Waals surface area contributed by atoms with Crippen LogP contribution in [0.1, 0.15) is 65.2 Å². The molecule has 1 aliphatic rings. The Morgan fingerprint density at radius 3 is 2.53 bits per heavy atom. The normalized spacial score (nSPS) is 19.6. The molecule has 0 saturated carbocycles. The lowest BCUT2D eigenvalue weighted by Gasteiger charge is -2.12. The van der Waals surface area contributed by atoms with Crippen LogP contribution in [0.5, 0.6) is 0 Å². The van der Waals surface area contributed by atoms with Crippen molar-refractivity contribution in [1.29, 1.82) is 0 Å². The highest BCUT2D eigenvalue weighted by molar-refractivity contribution is 5.23. The summed E-state index contributed by atoms with van der Waals surface area (Å²) in [6.45, 7) is 4.54. The van der Waals surface area contributed by atoms with Gasteiger partial charge in [-0.2, -0.15) is 0 Å². The molecule has 85 valence electrons. The molecular weight excluding hydrogens is 180 g/mol. The van der Waals surface area contributed by atoms with Crippen molar-refractivity contribution in [2.24, 2.45) is 5.92 Å². The fourth-order valence-corrected chi connectivity index (χ4v) is 2.20. The number of hydrogen-bond donors (Lipinski definition) is 0. The average Bonchev–Trinajstić information content (AvgIpc) is 2.67. The molecule has 0 saturated heterocycles. The summed E-state index contributed by atoms with van der Waals surface area (Å²) >= 11 is 0. The van der Waals surface area contributed by atoms with Gasteiger partial charge in [-0.25, -0.2) is 0 Å². The van der Waals surface area contributed by atoms with Gasteiger partial charge in [0.25, 0.3) is 0 Å². The Bertz CT molecular complexity index is 210. The van der Waals surface area contributed by atoms with Crippen molar-refractivity contribution in [2.45, 2.75) is 65.2 Å². The summed E-state index contributed by atoms with van der Waals surface area (Å²) < 4.78 is 0. The van der Waals surface area contributed by atoms with Crippen LogP contribution in [-0.4, -0.2) is 0 Å². The monoisotopic (exact) mass is 205 g/mol. The second-order valence-electron chi connectivity index (χ2n) is 4.58. The zero-order chi connectivity index (χ0) is 10.9. The second kappa shape index (κ2) is 7.73. The van der Waals surface area contributed by atoms with Crippen LogP contribution >= 0.6 is 0 Å². The molecule has 1 aliphatic carbocycles. The minimum atomic E-state index is 0.661. The molecule has 0 fully saturated rings. The molecule has 15 heavy (non-hydrogen) atoms. The number of allylic oxidation sites excluding steroid dienone is 4. The molecule has 0 aromatic carbocycles. The smallest absolute Gasteiger partial charge is 0.00542 e. The first-order valence-electron chi connectivity index (χ1n) is 6.66. The van der Waals surface area contributed by atoms with Gasteiger partial charge in [-0.3, -0.25) is 0 Å². The highest BCUT2D eigenvalue weighted by atomic mass is 14.2. The van der Waals surface area contributed by atoms with Crippen molar-refractivity contribution < 1.29 is 0 Å². The van der Waals surface area contributed by atoms with Crippen LogP contribution in [0, 0.1) is 12.0 Å². The van der Waals surface area contributed by atoms with Gasteiger partial charge in [-0.15, -0.1) is 0 Å². The summed E-state index contributed by atoms with van der Waals surface area (Å²) in [5, 5.41) is 0. The molecule has 0 nitrogen and oxygen atoms in total. The topological polar surface area (TPSA) is 0 Å². The first-order chi connectivity index (χ1) is 7.38. The van der Waals surface area contributed by atoms with E-state index in [4.69, 9.17) is 0 Å². The minimum Gasteiger partial charge on any atom is -0.0654 e. The van der Waals surface area contributed by atoms with E-state index in [1.807, 2.05) is 0 Å². The van der Waals surface area contributed by atoms with Crippen LogP contribution in [0.25, 0.3) is 0 Å². The van der Waals surface area contributed by atoms with E-state index in [1.165, 1.54) is 51.4 Å². The van der Waals surface area contributed by atoms with Crippen LogP contribution in [0.2, 0.25) is 0 Å². The largest absolute Gasteiger partial charge is 0.0654 e. The van der Waals surface area contributed by atoms with E-state index in [0.29, 0.717) is 5.92 Å². The van der Waals surface area contributed by atoms with Gasteiger partial charge in [0, 0.05) is 5.92 Å². The Balaban J connectivity index is 2.19. The fraction of sp³-hybridized carbons (Fsp3) is 0.733. The Labute approximate surface area is 95.5 Å². The van der Waals surface area contributed by atoms with Crippen LogP contribution in [0.4, 0.5) is 0 Å². The standard InChI is InChI=1S/C15H25/c1-3-5-7-10-14-12-9-13-15(14)11-8-6-4-2/h9,12,15H,3-8,10-11H2,1-2H3. The SMILES string of the molecule is CCCCCC1=CC=[C]C1CCCCC. The van der Waals surface area contributed by atoms with E-state index in [2.05, 4.69) is 32.1 Å². The summed E-state index contributed by atoms with van der Waals surface area (Å²) in [5.41, 5.74) is 1.64. The maximum absolute atomic E-state index is 3.47. The maximum Gasteiger partial charge on any atom is 0.00542 e. The van der Waals surface area contributed by atoms with Crippen molar-refractivity contribution in [3.63, 3.8) is 0 Å². The van der Waals surface area contributed by atoms with E-state index in [0.717, 1.165) is 0 Å². The van der Waals surface area contributed by atoms with E-state index in [9.17, 15) is 0 Å². The first kappa shape index (κ1) is 12.5. The van der Waals surface area contributed by atoms with Crippen LogP contribution in [-0.2, 0) is 0 Å². The third kappa shape index (κ3) is 4.68. The van der Waals surface area contributed by atoms with Crippen molar-refractivity contribution in [1.82, 2.24) is 0 Å². The van der Waals surface area contributed by atoms with E-state index < -0.39 is 0 Å². The molecule has 0 heterocycles. The molecule has 0 aliphatic heterocycles. The Morgan fingerprint density at radius 2 is 1.80 bits per heavy atom. The van der Waals surface area contributed by atoms with Gasteiger partial charge >= 0.3 is 0 Å². The van der Waals surface area contributed by atoms with Gasteiger partial charge in [0.2, 0.25) is 0 Å². The molecular formula is C15H25. The second-order valence-corrected chi connectivity index (χ2v) is 4.58. The molecule has 0 aromatic heterocycles. The average molecular weight is 205 g/mol. The lowest BCUT2D eigenvalue weighted by molar-refractivity contribution is 0.564. The molecule has 0 amide bonds. The predicted molar refractivity (Wildman–Crippen MR) is 67.7 cm³/mol. The van der Waals surface area contributed by atoms with E-state index in [1.54, 1.807) is 5.57 Å². The van der Waals surface area contributed by atoms with Gasteiger partial charge in [-0.05, 0) is 25.3 Å². The number of hydrogen-bond acceptors (Lipinski definition) is 0. The van der Waals surface area contributed by atoms with Crippen LogP contribution < -0.4 is 0 Å². The van der Waals surface area contributed by atoms with Crippen molar-refractivity contribution in [3.8, 4) is 0 Å². The predicted octanol–water partition coefficient (Wildman–Crippen LogP) is 5.06. The lowest BCUT2D eigenvalue weighted by Crippen LogP contribution is -1.99. The highest BCUT2D eigenvalue weighted by Gasteiger charge is 2.13. The third-order valence-corrected chi connectivity index (χ3v) is 3.21. The first-order valence-corrected chi connectivity index (χ1v) is 6.66. The minimum absolute atomic E-state index is 0.661. The van der Waals surface area contributed by atoms with Gasteiger partial charge in [0.1, 0.15) is 0 Å². The van der Waals surface area contributed by atoms with Crippen LogP contribution in [0.3, 0.4) is 0 Å². The van der Waals surface area contributed by atoms with Gasteiger partial charge < -0.3 is 0 Å². The third-order valence-electron chi connectivity index (χ3n) is 3.21. The molecule has 0 bridgehead atoms. The number of rotatable bonds is 8. The van der Waals surface area contributed by atoms with Crippen molar-refractivity contribution in [3.05, 3.63) is 23.8 Å². The number of unbranched alkanes of at least 4 members (excludes halogenated alkanes) is 4. The molecule has 1 unspecified atom stereocenters. The Hall–Kier alpha value is -0.520. The summed E-state index contributed by atoms with van der Waals surface area (Å²) in [4.78, 5) is 0. The Morgan fingerprint density at radius 1 is 1.07 bits per heavy atom. The maximum atomic E-state index is 3.47. The zero-order valence-electron chi connectivity index (χ0n) is 10.4. The summed E-state index contributed by atoms with van der Waals surface area (Å²) in [7, 11) is 0. The molecule has 0 N–H and O–H groups in total. The van der Waals surface area contributed by atoms with Crippen LogP contribution in [0.15, 0.2) is 17.7 Å². The van der Waals surface area contributed by atoms with Crippen molar-refractivity contribution >= 4 is 0 Å². The lowest BCUT2D eigenvalue weighted by atomic mass is 9.92. The molecule has 1 radical (unpaired) electrons. The van der Waals surface area contributed by atoms with Gasteiger partial charge in [0.15, 0.2) is 0 Å². The molecule has 1 rings (SSSR count). The van der Waals surface area contributed by atoms with Gasteiger partial charge in [0.05, 0.1) is 0 Å². The quantitative estimate of drug-likeness (QED) is 0.486. The molecule has 1 atom stereocenters. The molecule has 0 aromatic rings.